The molecule has 0 radical (unpaired) electrons. The predicted molar refractivity (Wildman–Crippen MR) is 66.8 cm³/mol. The van der Waals surface area contributed by atoms with Gasteiger partial charge in [-0.05, 0) is 34.8 Å². The molecule has 1 aromatic rings. The Morgan fingerprint density at radius 3 is 2.62 bits per heavy atom. The molecular formula is C10H14BrClN2O2. The minimum absolute atomic E-state index is 0. The maximum atomic E-state index is 11.9. The average molecular weight is 310 g/mol. The Kier molecular flexibility index (Phi) is 4.83. The van der Waals surface area contributed by atoms with E-state index in [1.807, 2.05) is 0 Å². The predicted octanol–water partition coefficient (Wildman–Crippen LogP) is 2.03. The summed E-state index contributed by atoms with van der Waals surface area (Å²) < 4.78 is 5.85. The lowest BCUT2D eigenvalue weighted by Gasteiger charge is -2.29. The van der Waals surface area contributed by atoms with Gasteiger partial charge in [0, 0.05) is 19.1 Å². The molecule has 16 heavy (non-hydrogen) atoms. The molecule has 1 fully saturated rings. The van der Waals surface area contributed by atoms with E-state index in [-0.39, 0.29) is 24.4 Å². The highest BCUT2D eigenvalue weighted by atomic mass is 79.9. The second-order valence-corrected chi connectivity index (χ2v) is 4.58. The number of furan rings is 1. The molecule has 2 heterocycles. The van der Waals surface area contributed by atoms with Gasteiger partial charge in [-0.2, -0.15) is 0 Å². The number of likely N-dealkylation sites (tertiary alicyclic amines) is 1. The van der Waals surface area contributed by atoms with Gasteiger partial charge in [0.1, 0.15) is 0 Å². The van der Waals surface area contributed by atoms with Crippen molar-refractivity contribution < 1.29 is 9.21 Å². The fourth-order valence-corrected chi connectivity index (χ4v) is 2.06. The van der Waals surface area contributed by atoms with E-state index in [0.29, 0.717) is 23.3 Å². The van der Waals surface area contributed by atoms with Crippen LogP contribution in [-0.4, -0.2) is 29.9 Å². The summed E-state index contributed by atoms with van der Waals surface area (Å²) in [5, 5.41) is 0. The topological polar surface area (TPSA) is 59.5 Å². The van der Waals surface area contributed by atoms with Gasteiger partial charge in [-0.3, -0.25) is 4.79 Å². The highest BCUT2D eigenvalue weighted by Gasteiger charge is 2.24. The van der Waals surface area contributed by atoms with E-state index in [4.69, 9.17) is 10.2 Å². The zero-order valence-corrected chi connectivity index (χ0v) is 11.1. The fraction of sp³-hybridized carbons (Fsp3) is 0.500. The summed E-state index contributed by atoms with van der Waals surface area (Å²) in [5.74, 6) is 0.323. The highest BCUT2D eigenvalue weighted by molar-refractivity contribution is 9.10. The van der Waals surface area contributed by atoms with Crippen molar-refractivity contribution in [2.45, 2.75) is 18.9 Å². The SMILES string of the molecule is Cl.NC1CCN(C(=O)c2occc2Br)CC1. The molecule has 1 aliphatic rings. The third-order valence-corrected chi connectivity index (χ3v) is 3.26. The second kappa shape index (κ2) is 5.70. The Morgan fingerprint density at radius 1 is 1.50 bits per heavy atom. The van der Waals surface area contributed by atoms with Crippen LogP contribution in [0.1, 0.15) is 23.4 Å². The molecule has 0 saturated carbocycles. The van der Waals surface area contributed by atoms with E-state index in [2.05, 4.69) is 15.9 Å². The van der Waals surface area contributed by atoms with E-state index >= 15 is 0 Å². The molecule has 1 aromatic heterocycles. The van der Waals surface area contributed by atoms with Crippen molar-refractivity contribution in [3.8, 4) is 0 Å². The maximum Gasteiger partial charge on any atom is 0.290 e. The molecule has 90 valence electrons. The molecule has 2 N–H and O–H groups in total. The van der Waals surface area contributed by atoms with Crippen LogP contribution >= 0.6 is 28.3 Å². The van der Waals surface area contributed by atoms with Crippen molar-refractivity contribution in [2.24, 2.45) is 5.73 Å². The zero-order chi connectivity index (χ0) is 10.8. The van der Waals surface area contributed by atoms with E-state index in [1.54, 1.807) is 11.0 Å². The van der Waals surface area contributed by atoms with Crippen molar-refractivity contribution in [3.05, 3.63) is 22.6 Å². The third-order valence-electron chi connectivity index (χ3n) is 2.64. The van der Waals surface area contributed by atoms with Gasteiger partial charge < -0.3 is 15.1 Å². The van der Waals surface area contributed by atoms with Crippen LogP contribution in [0.2, 0.25) is 0 Å². The first kappa shape index (κ1) is 13.5. The Bertz CT molecular complexity index is 361. The first-order chi connectivity index (χ1) is 7.18. The Hall–Kier alpha value is -0.520. The molecule has 0 aliphatic carbocycles. The normalized spacial score (nSPS) is 17.0. The molecule has 4 nitrogen and oxygen atoms in total. The number of carbonyl (C=O) groups is 1. The second-order valence-electron chi connectivity index (χ2n) is 3.73. The lowest BCUT2D eigenvalue weighted by molar-refractivity contribution is 0.0681. The van der Waals surface area contributed by atoms with Gasteiger partial charge in [0.25, 0.3) is 5.91 Å². The first-order valence-electron chi connectivity index (χ1n) is 4.96. The van der Waals surface area contributed by atoms with Gasteiger partial charge in [0.15, 0.2) is 0 Å². The quantitative estimate of drug-likeness (QED) is 0.863. The van der Waals surface area contributed by atoms with Gasteiger partial charge in [-0.25, -0.2) is 0 Å². The molecule has 1 aliphatic heterocycles. The number of carbonyl (C=O) groups excluding carboxylic acids is 1. The summed E-state index contributed by atoms with van der Waals surface area (Å²) in [7, 11) is 0. The number of nitrogens with zero attached hydrogens (tertiary/aromatic N) is 1. The van der Waals surface area contributed by atoms with Gasteiger partial charge in [-0.15, -0.1) is 12.4 Å². The summed E-state index contributed by atoms with van der Waals surface area (Å²) in [6.45, 7) is 1.43. The van der Waals surface area contributed by atoms with Crippen LogP contribution in [0.15, 0.2) is 21.2 Å². The Balaban J connectivity index is 0.00000128. The Morgan fingerprint density at radius 2 is 2.12 bits per heavy atom. The standard InChI is InChI=1S/C10H13BrN2O2.ClH/c11-8-3-6-15-9(8)10(14)13-4-1-7(12)2-5-13;/h3,6-7H,1-2,4-5,12H2;1H. The lowest BCUT2D eigenvalue weighted by atomic mass is 10.1. The van der Waals surface area contributed by atoms with Crippen molar-refractivity contribution in [3.63, 3.8) is 0 Å². The number of hydrogen-bond acceptors (Lipinski definition) is 3. The zero-order valence-electron chi connectivity index (χ0n) is 8.69. The van der Waals surface area contributed by atoms with E-state index in [1.165, 1.54) is 6.26 Å². The van der Waals surface area contributed by atoms with Crippen LogP contribution in [0.5, 0.6) is 0 Å². The molecule has 0 atom stereocenters. The molecule has 6 heteroatoms. The van der Waals surface area contributed by atoms with Crippen LogP contribution in [-0.2, 0) is 0 Å². The van der Waals surface area contributed by atoms with Crippen molar-refractivity contribution in [1.82, 2.24) is 4.90 Å². The summed E-state index contributed by atoms with van der Waals surface area (Å²) >= 11 is 3.28. The van der Waals surface area contributed by atoms with Crippen LogP contribution in [0.25, 0.3) is 0 Å². The Labute approximate surface area is 109 Å². The number of piperidine rings is 1. The molecule has 0 unspecified atom stereocenters. The molecule has 1 saturated heterocycles. The van der Waals surface area contributed by atoms with E-state index in [0.717, 1.165) is 12.8 Å². The monoisotopic (exact) mass is 308 g/mol. The van der Waals surface area contributed by atoms with Crippen molar-refractivity contribution in [1.29, 1.82) is 0 Å². The lowest BCUT2D eigenvalue weighted by Crippen LogP contribution is -2.42. The minimum Gasteiger partial charge on any atom is -0.458 e. The van der Waals surface area contributed by atoms with Crippen LogP contribution in [0.3, 0.4) is 0 Å². The third kappa shape index (κ3) is 2.78. The number of hydrogen-bond donors (Lipinski definition) is 1. The van der Waals surface area contributed by atoms with Gasteiger partial charge in [0.2, 0.25) is 5.76 Å². The maximum absolute atomic E-state index is 11.9. The van der Waals surface area contributed by atoms with Crippen LogP contribution in [0, 0.1) is 0 Å². The molecule has 2 rings (SSSR count). The van der Waals surface area contributed by atoms with Crippen molar-refractivity contribution >= 4 is 34.2 Å². The first-order valence-corrected chi connectivity index (χ1v) is 5.75. The van der Waals surface area contributed by atoms with Gasteiger partial charge in [-0.1, -0.05) is 0 Å². The molecule has 1 amide bonds. The largest absolute Gasteiger partial charge is 0.458 e. The number of amides is 1. The molecule has 0 aromatic carbocycles. The minimum atomic E-state index is -0.0567. The number of rotatable bonds is 1. The number of halogens is 2. The molecule has 0 spiro atoms. The van der Waals surface area contributed by atoms with E-state index < -0.39 is 0 Å². The van der Waals surface area contributed by atoms with Crippen LogP contribution in [0.4, 0.5) is 0 Å². The summed E-state index contributed by atoms with van der Waals surface area (Å²) in [6, 6.07) is 1.96. The highest BCUT2D eigenvalue weighted by Crippen LogP contribution is 2.21. The summed E-state index contributed by atoms with van der Waals surface area (Å²) in [4.78, 5) is 13.7. The van der Waals surface area contributed by atoms with E-state index in [9.17, 15) is 4.79 Å². The fourth-order valence-electron chi connectivity index (χ4n) is 1.69. The van der Waals surface area contributed by atoms with Crippen LogP contribution < -0.4 is 5.73 Å². The summed E-state index contributed by atoms with van der Waals surface area (Å²) in [6.07, 6.45) is 3.24. The van der Waals surface area contributed by atoms with Crippen molar-refractivity contribution in [2.75, 3.05) is 13.1 Å². The van der Waals surface area contributed by atoms with Gasteiger partial charge in [0.05, 0.1) is 10.7 Å². The average Bonchev–Trinajstić information content (AvgIpc) is 2.65. The number of nitrogens with two attached hydrogens (primary N) is 1. The molecular weight excluding hydrogens is 295 g/mol. The molecule has 0 bridgehead atoms. The summed E-state index contributed by atoms with van der Waals surface area (Å²) in [5.41, 5.74) is 5.78. The van der Waals surface area contributed by atoms with Gasteiger partial charge >= 0.3 is 0 Å². The smallest absolute Gasteiger partial charge is 0.290 e.